The Hall–Kier alpha value is -3.12. The van der Waals surface area contributed by atoms with Crippen LogP contribution in [0.25, 0.3) is 5.69 Å². The number of carbonyl (C=O) groups is 1. The highest BCUT2D eigenvalue weighted by Gasteiger charge is 2.17. The van der Waals surface area contributed by atoms with E-state index in [1.54, 1.807) is 42.5 Å². The number of rotatable bonds is 4. The van der Waals surface area contributed by atoms with Gasteiger partial charge in [0.2, 0.25) is 0 Å². The molecule has 0 unspecified atom stereocenters. The normalized spacial score (nSPS) is 10.5. The second-order valence-corrected chi connectivity index (χ2v) is 6.15. The number of hydrogen-bond acceptors (Lipinski definition) is 4. The van der Waals surface area contributed by atoms with Crippen molar-refractivity contribution in [3.63, 3.8) is 0 Å². The van der Waals surface area contributed by atoms with Crippen LogP contribution in [0.2, 0.25) is 5.02 Å². The molecule has 1 heterocycles. The molecule has 0 bridgehead atoms. The molecule has 0 saturated heterocycles. The van der Waals surface area contributed by atoms with Gasteiger partial charge in [0.1, 0.15) is 0 Å². The predicted octanol–water partition coefficient (Wildman–Crippen LogP) is 2.83. The van der Waals surface area contributed by atoms with Crippen molar-refractivity contribution in [3.05, 3.63) is 86.8 Å². The third kappa shape index (κ3) is 3.75. The van der Waals surface area contributed by atoms with Crippen molar-refractivity contribution in [2.75, 3.05) is 0 Å². The summed E-state index contributed by atoms with van der Waals surface area (Å²) in [5.41, 5.74) is 1.41. The molecule has 1 aromatic heterocycles. The molecule has 6 nitrogen and oxygen atoms in total. The van der Waals surface area contributed by atoms with Crippen LogP contribution in [0.3, 0.4) is 0 Å². The van der Waals surface area contributed by atoms with Gasteiger partial charge in [-0.1, -0.05) is 41.9 Å². The first-order valence-electron chi connectivity index (χ1n) is 7.87. The summed E-state index contributed by atoms with van der Waals surface area (Å²) in [7, 11) is 0. The van der Waals surface area contributed by atoms with E-state index in [0.29, 0.717) is 10.7 Å². The van der Waals surface area contributed by atoms with Gasteiger partial charge >= 0.3 is 0 Å². The minimum absolute atomic E-state index is 0.170. The van der Waals surface area contributed by atoms with Crippen molar-refractivity contribution in [1.82, 2.24) is 15.1 Å². The predicted molar refractivity (Wildman–Crippen MR) is 98.9 cm³/mol. The molecule has 3 rings (SSSR count). The van der Waals surface area contributed by atoms with Crippen molar-refractivity contribution < 1.29 is 9.90 Å². The lowest BCUT2D eigenvalue weighted by Gasteiger charge is -2.10. The molecule has 1 amide bonds. The van der Waals surface area contributed by atoms with Gasteiger partial charge in [-0.2, -0.15) is 9.78 Å². The quantitative estimate of drug-likeness (QED) is 0.740. The zero-order valence-corrected chi connectivity index (χ0v) is 14.7. The summed E-state index contributed by atoms with van der Waals surface area (Å²) in [4.78, 5) is 24.6. The molecule has 2 aromatic carbocycles. The maximum atomic E-state index is 12.4. The average Bonchev–Trinajstić information content (AvgIpc) is 2.61. The number of amides is 1. The van der Waals surface area contributed by atoms with Crippen LogP contribution < -0.4 is 10.9 Å². The Balaban J connectivity index is 1.90. The summed E-state index contributed by atoms with van der Waals surface area (Å²) in [6, 6.07) is 15.2. The van der Waals surface area contributed by atoms with Crippen molar-refractivity contribution in [2.45, 2.75) is 13.5 Å². The molecule has 0 fully saturated rings. The number of aromatic nitrogens is 2. The van der Waals surface area contributed by atoms with Crippen LogP contribution in [-0.2, 0) is 6.54 Å². The molecule has 0 radical (unpaired) electrons. The van der Waals surface area contributed by atoms with Gasteiger partial charge in [-0.15, -0.1) is 0 Å². The van der Waals surface area contributed by atoms with Crippen LogP contribution in [0.4, 0.5) is 0 Å². The van der Waals surface area contributed by atoms with Gasteiger partial charge in [0.25, 0.3) is 11.5 Å². The van der Waals surface area contributed by atoms with E-state index in [1.165, 1.54) is 0 Å². The monoisotopic (exact) mass is 369 g/mol. The molecule has 3 aromatic rings. The average molecular weight is 370 g/mol. The molecular formula is C19H16ClN3O3. The first kappa shape index (κ1) is 17.7. The van der Waals surface area contributed by atoms with Gasteiger partial charge in [0.05, 0.1) is 5.69 Å². The van der Waals surface area contributed by atoms with Crippen LogP contribution in [0.15, 0.2) is 59.4 Å². The Kier molecular flexibility index (Phi) is 5.04. The molecule has 0 atom stereocenters. The fraction of sp³-hybridized carbons (Fsp3) is 0.105. The number of nitrogens with one attached hydrogen (secondary N) is 1. The number of aryl methyl sites for hydroxylation is 1. The molecule has 0 spiro atoms. The molecular weight excluding hydrogens is 354 g/mol. The van der Waals surface area contributed by atoms with Gasteiger partial charge < -0.3 is 10.4 Å². The first-order chi connectivity index (χ1) is 12.5. The minimum atomic E-state index is -0.608. The summed E-state index contributed by atoms with van der Waals surface area (Å²) in [6.07, 6.45) is 0. The number of halogens is 1. The fourth-order valence-electron chi connectivity index (χ4n) is 2.45. The summed E-state index contributed by atoms with van der Waals surface area (Å²) >= 11 is 6.06. The van der Waals surface area contributed by atoms with Crippen molar-refractivity contribution in [1.29, 1.82) is 0 Å². The van der Waals surface area contributed by atoms with Crippen LogP contribution >= 0.6 is 11.6 Å². The summed E-state index contributed by atoms with van der Waals surface area (Å²) < 4.78 is 1.08. The number of carbonyl (C=O) groups excluding carboxylic acids is 1. The van der Waals surface area contributed by atoms with E-state index in [9.17, 15) is 14.7 Å². The van der Waals surface area contributed by atoms with Gasteiger partial charge in [-0.05, 0) is 36.2 Å². The van der Waals surface area contributed by atoms with E-state index < -0.39 is 17.2 Å². The Labute approximate surface area is 154 Å². The number of nitrogens with zero attached hydrogens (tertiary/aromatic N) is 2. The number of benzene rings is 2. The van der Waals surface area contributed by atoms with Crippen molar-refractivity contribution >= 4 is 17.5 Å². The lowest BCUT2D eigenvalue weighted by atomic mass is 10.2. The van der Waals surface area contributed by atoms with Gasteiger partial charge in [0.15, 0.2) is 11.4 Å². The van der Waals surface area contributed by atoms with Crippen LogP contribution in [0.1, 0.15) is 21.6 Å². The van der Waals surface area contributed by atoms with Crippen molar-refractivity contribution in [3.8, 4) is 11.4 Å². The summed E-state index contributed by atoms with van der Waals surface area (Å²) in [5.74, 6) is -1.08. The van der Waals surface area contributed by atoms with Crippen LogP contribution in [-0.4, -0.2) is 20.8 Å². The van der Waals surface area contributed by atoms with Crippen LogP contribution in [0.5, 0.6) is 5.75 Å². The highest BCUT2D eigenvalue weighted by atomic mass is 35.5. The number of hydrogen-bond donors (Lipinski definition) is 2. The number of aromatic hydroxyl groups is 1. The molecule has 7 heteroatoms. The maximum Gasteiger partial charge on any atom is 0.275 e. The largest absolute Gasteiger partial charge is 0.505 e. The van der Waals surface area contributed by atoms with E-state index in [-0.39, 0.29) is 12.2 Å². The minimum Gasteiger partial charge on any atom is -0.505 e. The molecule has 2 N–H and O–H groups in total. The van der Waals surface area contributed by atoms with E-state index in [1.807, 2.05) is 13.0 Å². The Morgan fingerprint density at radius 2 is 1.96 bits per heavy atom. The van der Waals surface area contributed by atoms with E-state index in [4.69, 9.17) is 11.6 Å². The second kappa shape index (κ2) is 7.41. The SMILES string of the molecule is Cc1cccc(-n2nc(C(=O)NCc3ccccc3Cl)c(O)cc2=O)c1. The Bertz CT molecular complexity index is 1030. The molecule has 0 aliphatic rings. The topological polar surface area (TPSA) is 84.2 Å². The highest BCUT2D eigenvalue weighted by molar-refractivity contribution is 6.31. The van der Waals surface area contributed by atoms with Gasteiger partial charge in [0, 0.05) is 17.6 Å². The Morgan fingerprint density at radius 3 is 2.69 bits per heavy atom. The fourth-order valence-corrected chi connectivity index (χ4v) is 2.66. The molecule has 0 aliphatic heterocycles. The molecule has 26 heavy (non-hydrogen) atoms. The van der Waals surface area contributed by atoms with E-state index >= 15 is 0 Å². The maximum absolute atomic E-state index is 12.4. The third-order valence-corrected chi connectivity index (χ3v) is 4.14. The van der Waals surface area contributed by atoms with Crippen molar-refractivity contribution in [2.24, 2.45) is 0 Å². The van der Waals surface area contributed by atoms with Gasteiger partial charge in [-0.25, -0.2) is 0 Å². The smallest absolute Gasteiger partial charge is 0.275 e. The highest BCUT2D eigenvalue weighted by Crippen LogP contribution is 2.16. The van der Waals surface area contributed by atoms with Crippen LogP contribution in [0, 0.1) is 6.92 Å². The van der Waals surface area contributed by atoms with E-state index in [2.05, 4.69) is 10.4 Å². The zero-order valence-electron chi connectivity index (χ0n) is 13.9. The summed E-state index contributed by atoms with van der Waals surface area (Å²) in [6.45, 7) is 2.05. The zero-order chi connectivity index (χ0) is 18.7. The third-order valence-electron chi connectivity index (χ3n) is 3.77. The lowest BCUT2D eigenvalue weighted by molar-refractivity contribution is 0.0941. The lowest BCUT2D eigenvalue weighted by Crippen LogP contribution is -2.29. The van der Waals surface area contributed by atoms with E-state index in [0.717, 1.165) is 21.9 Å². The second-order valence-electron chi connectivity index (χ2n) is 5.74. The molecule has 0 saturated carbocycles. The molecule has 0 aliphatic carbocycles. The first-order valence-corrected chi connectivity index (χ1v) is 8.25. The Morgan fingerprint density at radius 1 is 1.19 bits per heavy atom. The molecule has 132 valence electrons. The standard InChI is InChI=1S/C19H16ClN3O3/c1-12-5-4-7-14(9-12)23-17(25)10-16(24)18(22-23)19(26)21-11-13-6-2-3-8-15(13)20/h2-10,24H,11H2,1H3,(H,21,26). The summed E-state index contributed by atoms with van der Waals surface area (Å²) in [5, 5.41) is 17.2. The van der Waals surface area contributed by atoms with Gasteiger partial charge in [-0.3, -0.25) is 9.59 Å².